The highest BCUT2D eigenvalue weighted by atomic mass is 35.5. The van der Waals surface area contributed by atoms with Gasteiger partial charge in [-0.15, -0.1) is 11.6 Å². The Labute approximate surface area is 121 Å². The zero-order chi connectivity index (χ0) is 13.4. The molecule has 0 amide bonds. The molecule has 0 N–H and O–H groups in total. The summed E-state index contributed by atoms with van der Waals surface area (Å²) in [6, 6.07) is 4.78. The molecule has 102 valence electrons. The first-order valence-electron chi connectivity index (χ1n) is 6.56. The number of hydrogen-bond acceptors (Lipinski definition) is 2. The van der Waals surface area contributed by atoms with Crippen molar-refractivity contribution in [3.8, 4) is 0 Å². The lowest BCUT2D eigenvalue weighted by molar-refractivity contribution is 0.621. The van der Waals surface area contributed by atoms with Crippen LogP contribution < -0.4 is 0 Å². The molecule has 1 aromatic heterocycles. The largest absolute Gasteiger partial charge is 0.326 e. The van der Waals surface area contributed by atoms with Gasteiger partial charge in [-0.3, -0.25) is 0 Å². The number of rotatable bonds is 3. The third-order valence-corrected chi connectivity index (χ3v) is 5.08. The second-order valence-electron chi connectivity index (χ2n) is 4.96. The summed E-state index contributed by atoms with van der Waals surface area (Å²) in [7, 11) is 0. The van der Waals surface area contributed by atoms with Gasteiger partial charge in [0.2, 0.25) is 0 Å². The van der Waals surface area contributed by atoms with Crippen LogP contribution >= 0.6 is 23.4 Å². The molecule has 0 radical (unpaired) electrons. The summed E-state index contributed by atoms with van der Waals surface area (Å²) in [6.07, 6.45) is 2.52. The molecule has 0 saturated carbocycles. The summed E-state index contributed by atoms with van der Waals surface area (Å²) in [4.78, 5) is 4.50. The van der Waals surface area contributed by atoms with Gasteiger partial charge in [-0.1, -0.05) is 0 Å². The van der Waals surface area contributed by atoms with Gasteiger partial charge in [-0.05, 0) is 37.7 Å². The molecule has 1 saturated heterocycles. The molecule has 0 spiro atoms. The highest BCUT2D eigenvalue weighted by molar-refractivity contribution is 8.00. The summed E-state index contributed by atoms with van der Waals surface area (Å²) in [6.45, 7) is 2.83. The summed E-state index contributed by atoms with van der Waals surface area (Å²) in [5, 5.41) is 0.457. The van der Waals surface area contributed by atoms with E-state index in [-0.39, 0.29) is 11.2 Å². The molecule has 2 heterocycles. The second-order valence-corrected chi connectivity index (χ2v) is 7.03. The van der Waals surface area contributed by atoms with Crippen molar-refractivity contribution in [3.05, 3.63) is 29.8 Å². The first-order chi connectivity index (χ1) is 9.15. The Hall–Kier alpha value is -0.740. The normalized spacial score (nSPS) is 21.1. The molecule has 1 aromatic carbocycles. The van der Waals surface area contributed by atoms with Gasteiger partial charge >= 0.3 is 0 Å². The summed E-state index contributed by atoms with van der Waals surface area (Å²) in [5.41, 5.74) is 1.68. The molecule has 1 aliphatic rings. The number of aromatic nitrogens is 2. The van der Waals surface area contributed by atoms with Crippen LogP contribution in [0, 0.1) is 5.82 Å². The molecule has 2 nitrogen and oxygen atoms in total. The molecular weight excluding hydrogens is 283 g/mol. The fourth-order valence-corrected chi connectivity index (χ4v) is 4.03. The van der Waals surface area contributed by atoms with Crippen molar-refractivity contribution in [1.29, 1.82) is 0 Å². The van der Waals surface area contributed by atoms with Gasteiger partial charge in [0.25, 0.3) is 0 Å². The monoisotopic (exact) mass is 298 g/mol. The predicted octanol–water partition coefficient (Wildman–Crippen LogP) is 4.37. The van der Waals surface area contributed by atoms with Crippen molar-refractivity contribution in [1.82, 2.24) is 9.55 Å². The van der Waals surface area contributed by atoms with E-state index in [1.165, 1.54) is 30.7 Å². The van der Waals surface area contributed by atoms with Crippen molar-refractivity contribution in [2.75, 3.05) is 5.75 Å². The molecule has 1 fully saturated rings. The van der Waals surface area contributed by atoms with Crippen LogP contribution in [0.5, 0.6) is 0 Å². The van der Waals surface area contributed by atoms with Crippen LogP contribution in [-0.4, -0.2) is 20.6 Å². The highest BCUT2D eigenvalue weighted by Gasteiger charge is 2.21. The Kier molecular flexibility index (Phi) is 3.72. The molecule has 5 heteroatoms. The van der Waals surface area contributed by atoms with Crippen LogP contribution in [0.4, 0.5) is 4.39 Å². The molecule has 19 heavy (non-hydrogen) atoms. The second kappa shape index (κ2) is 5.33. The maximum Gasteiger partial charge on any atom is 0.127 e. The Balaban J connectivity index is 2.05. The quantitative estimate of drug-likeness (QED) is 0.783. The molecule has 2 aromatic rings. The molecule has 0 aliphatic carbocycles. The molecule has 0 bridgehead atoms. The van der Waals surface area contributed by atoms with Gasteiger partial charge < -0.3 is 4.57 Å². The fourth-order valence-electron chi connectivity index (χ4n) is 2.61. The standard InChI is InChI=1S/C14H16ClFN2S/c1-9(15)14-17-12-7-10(16)4-5-13(12)18(14)8-11-3-2-6-19-11/h4-5,7,9,11H,2-3,6,8H2,1H3. The lowest BCUT2D eigenvalue weighted by Gasteiger charge is -2.14. The van der Waals surface area contributed by atoms with Crippen molar-refractivity contribution in [3.63, 3.8) is 0 Å². The Morgan fingerprint density at radius 1 is 1.58 bits per heavy atom. The minimum absolute atomic E-state index is 0.165. The van der Waals surface area contributed by atoms with Gasteiger partial charge in [-0.25, -0.2) is 9.37 Å². The summed E-state index contributed by atoms with van der Waals surface area (Å²) in [5.74, 6) is 1.83. The highest BCUT2D eigenvalue weighted by Crippen LogP contribution is 2.31. The Morgan fingerprint density at radius 3 is 3.11 bits per heavy atom. The molecule has 1 aliphatic heterocycles. The average Bonchev–Trinajstić information content (AvgIpc) is 2.97. The molecule has 2 unspecified atom stereocenters. The first kappa shape index (κ1) is 13.3. The van der Waals surface area contributed by atoms with Gasteiger partial charge in [0, 0.05) is 17.9 Å². The van der Waals surface area contributed by atoms with E-state index in [9.17, 15) is 4.39 Å². The SMILES string of the molecule is CC(Cl)c1nc2cc(F)ccc2n1CC1CCCS1. The van der Waals surface area contributed by atoms with E-state index in [0.29, 0.717) is 10.8 Å². The van der Waals surface area contributed by atoms with E-state index < -0.39 is 0 Å². The first-order valence-corrected chi connectivity index (χ1v) is 8.05. The van der Waals surface area contributed by atoms with Crippen molar-refractivity contribution < 1.29 is 4.39 Å². The van der Waals surface area contributed by atoms with Crippen molar-refractivity contribution in [2.24, 2.45) is 0 Å². The fraction of sp³-hybridized carbons (Fsp3) is 0.500. The predicted molar refractivity (Wildman–Crippen MR) is 79.4 cm³/mol. The number of halogens is 2. The van der Waals surface area contributed by atoms with Gasteiger partial charge in [-0.2, -0.15) is 11.8 Å². The zero-order valence-electron chi connectivity index (χ0n) is 10.8. The molecule has 2 atom stereocenters. The summed E-state index contributed by atoms with van der Waals surface area (Å²) < 4.78 is 15.5. The van der Waals surface area contributed by atoms with Crippen LogP contribution in [0.1, 0.15) is 31.0 Å². The third kappa shape index (κ3) is 2.61. The molecular formula is C14H16ClFN2S. The smallest absolute Gasteiger partial charge is 0.127 e. The number of hydrogen-bond donors (Lipinski definition) is 0. The number of benzene rings is 1. The zero-order valence-corrected chi connectivity index (χ0v) is 12.3. The maximum atomic E-state index is 13.3. The van der Waals surface area contributed by atoms with E-state index in [0.717, 1.165) is 17.9 Å². The van der Waals surface area contributed by atoms with Gasteiger partial charge in [0.15, 0.2) is 0 Å². The molecule has 3 rings (SSSR count). The lowest BCUT2D eigenvalue weighted by Crippen LogP contribution is -2.13. The van der Waals surface area contributed by atoms with Crippen LogP contribution in [-0.2, 0) is 6.54 Å². The lowest BCUT2D eigenvalue weighted by atomic mass is 10.2. The number of imidazole rings is 1. The van der Waals surface area contributed by atoms with E-state index in [1.807, 2.05) is 18.7 Å². The number of alkyl halides is 1. The van der Waals surface area contributed by atoms with Gasteiger partial charge in [0.05, 0.1) is 16.4 Å². The number of thioether (sulfide) groups is 1. The van der Waals surface area contributed by atoms with E-state index in [2.05, 4.69) is 9.55 Å². The van der Waals surface area contributed by atoms with E-state index >= 15 is 0 Å². The minimum atomic E-state index is -0.249. The maximum absolute atomic E-state index is 13.3. The van der Waals surface area contributed by atoms with E-state index in [1.54, 1.807) is 6.07 Å². The topological polar surface area (TPSA) is 17.8 Å². The van der Waals surface area contributed by atoms with E-state index in [4.69, 9.17) is 11.6 Å². The van der Waals surface area contributed by atoms with Crippen molar-refractivity contribution in [2.45, 2.75) is 36.9 Å². The Morgan fingerprint density at radius 2 is 2.42 bits per heavy atom. The average molecular weight is 299 g/mol. The minimum Gasteiger partial charge on any atom is -0.326 e. The van der Waals surface area contributed by atoms with Crippen LogP contribution in [0.3, 0.4) is 0 Å². The Bertz CT molecular complexity index is 590. The van der Waals surface area contributed by atoms with Crippen molar-refractivity contribution >= 4 is 34.4 Å². The van der Waals surface area contributed by atoms with Crippen LogP contribution in [0.2, 0.25) is 0 Å². The number of nitrogens with zero attached hydrogens (tertiary/aromatic N) is 2. The van der Waals surface area contributed by atoms with Crippen LogP contribution in [0.25, 0.3) is 11.0 Å². The summed E-state index contributed by atoms with van der Waals surface area (Å²) >= 11 is 8.23. The van der Waals surface area contributed by atoms with Crippen LogP contribution in [0.15, 0.2) is 18.2 Å². The van der Waals surface area contributed by atoms with Gasteiger partial charge in [0.1, 0.15) is 11.6 Å². The third-order valence-electron chi connectivity index (χ3n) is 3.51. The number of fused-ring (bicyclic) bond motifs is 1.